The van der Waals surface area contributed by atoms with E-state index in [4.69, 9.17) is 4.42 Å². The van der Waals surface area contributed by atoms with Gasteiger partial charge in [0.2, 0.25) is 0 Å². The summed E-state index contributed by atoms with van der Waals surface area (Å²) in [5.41, 5.74) is 1.17. The summed E-state index contributed by atoms with van der Waals surface area (Å²) in [6.07, 6.45) is 3.47. The standard InChI is InChI=1S/C12H19N3O/c1-9(2)11-6-13-12(14-11)15(3)7-10-4-5-16-8-10/h4-5,8-9,11H,6-7H2,1-3H3,(H,13,14). The quantitative estimate of drug-likeness (QED) is 0.844. The largest absolute Gasteiger partial charge is 0.472 e. The summed E-state index contributed by atoms with van der Waals surface area (Å²) in [7, 11) is 2.04. The fourth-order valence-corrected chi connectivity index (χ4v) is 1.78. The van der Waals surface area contributed by atoms with Gasteiger partial charge in [-0.2, -0.15) is 0 Å². The van der Waals surface area contributed by atoms with E-state index in [1.54, 1.807) is 12.5 Å². The zero-order valence-corrected chi connectivity index (χ0v) is 10.1. The van der Waals surface area contributed by atoms with Crippen molar-refractivity contribution in [1.82, 2.24) is 10.2 Å². The average Bonchev–Trinajstić information content (AvgIpc) is 2.86. The van der Waals surface area contributed by atoms with E-state index in [1.165, 1.54) is 5.56 Å². The third-order valence-electron chi connectivity index (χ3n) is 2.92. The first-order valence-corrected chi connectivity index (χ1v) is 5.70. The molecular weight excluding hydrogens is 202 g/mol. The van der Waals surface area contributed by atoms with Gasteiger partial charge in [0.1, 0.15) is 0 Å². The lowest BCUT2D eigenvalue weighted by Gasteiger charge is -2.21. The Morgan fingerprint density at radius 1 is 1.62 bits per heavy atom. The van der Waals surface area contributed by atoms with Crippen molar-refractivity contribution in [3.8, 4) is 0 Å². The first-order valence-electron chi connectivity index (χ1n) is 5.70. The lowest BCUT2D eigenvalue weighted by atomic mass is 10.1. The van der Waals surface area contributed by atoms with Gasteiger partial charge >= 0.3 is 0 Å². The smallest absolute Gasteiger partial charge is 0.194 e. The van der Waals surface area contributed by atoms with Gasteiger partial charge < -0.3 is 14.6 Å². The highest BCUT2D eigenvalue weighted by Crippen LogP contribution is 2.10. The van der Waals surface area contributed by atoms with Crippen molar-refractivity contribution in [2.75, 3.05) is 13.6 Å². The van der Waals surface area contributed by atoms with Crippen LogP contribution in [0.2, 0.25) is 0 Å². The Bertz CT molecular complexity index is 356. The molecule has 1 N–H and O–H groups in total. The third kappa shape index (κ3) is 2.38. The fourth-order valence-electron chi connectivity index (χ4n) is 1.78. The number of furan rings is 1. The van der Waals surface area contributed by atoms with Crippen molar-refractivity contribution in [3.05, 3.63) is 24.2 Å². The maximum absolute atomic E-state index is 5.05. The molecule has 4 nitrogen and oxygen atoms in total. The average molecular weight is 221 g/mol. The minimum absolute atomic E-state index is 0.474. The van der Waals surface area contributed by atoms with Crippen LogP contribution in [0.3, 0.4) is 0 Å². The van der Waals surface area contributed by atoms with E-state index in [2.05, 4.69) is 29.1 Å². The van der Waals surface area contributed by atoms with E-state index in [9.17, 15) is 0 Å². The van der Waals surface area contributed by atoms with Crippen LogP contribution < -0.4 is 5.32 Å². The number of aliphatic imine (C=N–C) groups is 1. The molecule has 0 saturated carbocycles. The molecule has 0 aliphatic carbocycles. The summed E-state index contributed by atoms with van der Waals surface area (Å²) in [4.78, 5) is 6.64. The molecule has 0 fully saturated rings. The first-order chi connectivity index (χ1) is 7.66. The zero-order valence-electron chi connectivity index (χ0n) is 10.1. The fraction of sp³-hybridized carbons (Fsp3) is 0.583. The molecule has 1 aromatic rings. The molecule has 2 rings (SSSR count). The summed E-state index contributed by atoms with van der Waals surface area (Å²) in [6, 6.07) is 2.45. The van der Waals surface area contributed by atoms with E-state index >= 15 is 0 Å². The molecule has 0 spiro atoms. The van der Waals surface area contributed by atoms with Crippen LogP contribution in [0.1, 0.15) is 19.4 Å². The van der Waals surface area contributed by atoms with Gasteiger partial charge in [0.05, 0.1) is 25.1 Å². The Morgan fingerprint density at radius 3 is 3.00 bits per heavy atom. The number of hydrogen-bond acceptors (Lipinski definition) is 4. The molecule has 0 radical (unpaired) electrons. The lowest BCUT2D eigenvalue weighted by molar-refractivity contribution is 0.443. The van der Waals surface area contributed by atoms with Gasteiger partial charge in [-0.25, -0.2) is 0 Å². The predicted molar refractivity (Wildman–Crippen MR) is 64.2 cm³/mol. The molecule has 0 amide bonds. The molecule has 0 bridgehead atoms. The van der Waals surface area contributed by atoms with Crippen molar-refractivity contribution in [1.29, 1.82) is 0 Å². The van der Waals surface area contributed by atoms with Crippen LogP contribution in [0, 0.1) is 5.92 Å². The Balaban J connectivity index is 1.89. The second-order valence-corrected chi connectivity index (χ2v) is 4.65. The summed E-state index contributed by atoms with van der Waals surface area (Å²) in [5.74, 6) is 1.60. The van der Waals surface area contributed by atoms with E-state index in [-0.39, 0.29) is 0 Å². The SMILES string of the molecule is CC(C)C1CN=C(N(C)Cc2ccoc2)N1. The zero-order chi connectivity index (χ0) is 11.5. The van der Waals surface area contributed by atoms with Crippen LogP contribution in [0.25, 0.3) is 0 Å². The highest BCUT2D eigenvalue weighted by molar-refractivity contribution is 5.81. The summed E-state index contributed by atoms with van der Waals surface area (Å²) >= 11 is 0. The highest BCUT2D eigenvalue weighted by atomic mass is 16.3. The number of hydrogen-bond donors (Lipinski definition) is 1. The van der Waals surface area contributed by atoms with E-state index in [0.29, 0.717) is 12.0 Å². The molecule has 1 atom stereocenters. The highest BCUT2D eigenvalue weighted by Gasteiger charge is 2.22. The second kappa shape index (κ2) is 4.60. The molecule has 0 aromatic carbocycles. The molecule has 1 aliphatic heterocycles. The molecule has 4 heteroatoms. The Kier molecular flexibility index (Phi) is 3.17. The van der Waals surface area contributed by atoms with Crippen LogP contribution in [0.4, 0.5) is 0 Å². The van der Waals surface area contributed by atoms with E-state index in [0.717, 1.165) is 19.0 Å². The Hall–Kier alpha value is -1.45. The van der Waals surface area contributed by atoms with Crippen LogP contribution in [-0.4, -0.2) is 30.5 Å². The topological polar surface area (TPSA) is 40.8 Å². The van der Waals surface area contributed by atoms with Gasteiger partial charge in [-0.3, -0.25) is 4.99 Å². The summed E-state index contributed by atoms with van der Waals surface area (Å²) < 4.78 is 5.05. The first kappa shape index (κ1) is 11.0. The van der Waals surface area contributed by atoms with Gasteiger partial charge in [0, 0.05) is 19.2 Å². The maximum atomic E-state index is 5.05. The molecular formula is C12H19N3O. The van der Waals surface area contributed by atoms with Crippen molar-refractivity contribution < 1.29 is 4.42 Å². The van der Waals surface area contributed by atoms with Gasteiger partial charge in [-0.1, -0.05) is 13.8 Å². The molecule has 1 unspecified atom stereocenters. The lowest BCUT2D eigenvalue weighted by Crippen LogP contribution is -2.41. The van der Waals surface area contributed by atoms with E-state index in [1.807, 2.05) is 13.1 Å². The number of rotatable bonds is 3. The van der Waals surface area contributed by atoms with Crippen molar-refractivity contribution in [2.45, 2.75) is 26.4 Å². The van der Waals surface area contributed by atoms with Crippen molar-refractivity contribution in [3.63, 3.8) is 0 Å². The van der Waals surface area contributed by atoms with Crippen LogP contribution in [0.15, 0.2) is 28.0 Å². The van der Waals surface area contributed by atoms with E-state index < -0.39 is 0 Å². The monoisotopic (exact) mass is 221 g/mol. The van der Waals surface area contributed by atoms with Gasteiger partial charge in [0.15, 0.2) is 5.96 Å². The minimum atomic E-state index is 0.474. The molecule has 1 aliphatic rings. The van der Waals surface area contributed by atoms with Gasteiger partial charge in [-0.15, -0.1) is 0 Å². The molecule has 16 heavy (non-hydrogen) atoms. The van der Waals surface area contributed by atoms with Crippen LogP contribution in [-0.2, 0) is 6.54 Å². The molecule has 88 valence electrons. The third-order valence-corrected chi connectivity index (χ3v) is 2.92. The Morgan fingerprint density at radius 2 is 2.44 bits per heavy atom. The predicted octanol–water partition coefficient (Wildman–Crippen LogP) is 1.70. The number of nitrogens with one attached hydrogen (secondary N) is 1. The maximum Gasteiger partial charge on any atom is 0.194 e. The molecule has 0 saturated heterocycles. The number of guanidine groups is 1. The van der Waals surface area contributed by atoms with Crippen molar-refractivity contribution >= 4 is 5.96 Å². The van der Waals surface area contributed by atoms with Gasteiger partial charge in [0.25, 0.3) is 0 Å². The summed E-state index contributed by atoms with van der Waals surface area (Å²) in [5, 5.41) is 3.45. The Labute approximate surface area is 96.3 Å². The van der Waals surface area contributed by atoms with Gasteiger partial charge in [-0.05, 0) is 12.0 Å². The molecule has 1 aromatic heterocycles. The normalized spacial score (nSPS) is 19.8. The molecule has 2 heterocycles. The van der Waals surface area contributed by atoms with Crippen LogP contribution >= 0.6 is 0 Å². The summed E-state index contributed by atoms with van der Waals surface area (Å²) in [6.45, 7) is 6.13. The van der Waals surface area contributed by atoms with Crippen LogP contribution in [0.5, 0.6) is 0 Å². The second-order valence-electron chi connectivity index (χ2n) is 4.65. The number of nitrogens with zero attached hydrogens (tertiary/aromatic N) is 2. The minimum Gasteiger partial charge on any atom is -0.472 e. The van der Waals surface area contributed by atoms with Crippen molar-refractivity contribution in [2.24, 2.45) is 10.9 Å².